The fourth-order valence-corrected chi connectivity index (χ4v) is 5.37. The number of hydrogen-bond donors (Lipinski definition) is 3. The summed E-state index contributed by atoms with van der Waals surface area (Å²) in [6.45, 7) is 1.37. The van der Waals surface area contributed by atoms with Crippen LogP contribution < -0.4 is 10.6 Å². The maximum atomic E-state index is 13.4. The number of carbonyl (C=O) groups excluding carboxylic acids is 3. The van der Waals surface area contributed by atoms with Crippen LogP contribution in [-0.2, 0) is 19.1 Å². The highest BCUT2D eigenvalue weighted by Crippen LogP contribution is 2.58. The van der Waals surface area contributed by atoms with Crippen molar-refractivity contribution in [1.82, 2.24) is 10.2 Å². The Morgan fingerprint density at radius 3 is 2.76 bits per heavy atom. The molecule has 29 heavy (non-hydrogen) atoms. The highest BCUT2D eigenvalue weighted by atomic mass is 35.5. The monoisotopic (exact) mass is 421 g/mol. The summed E-state index contributed by atoms with van der Waals surface area (Å²) in [6.07, 6.45) is 0.696. The molecular formula is C20H24ClN3O5. The van der Waals surface area contributed by atoms with E-state index in [4.69, 9.17) is 16.3 Å². The Hall–Kier alpha value is -2.16. The van der Waals surface area contributed by atoms with Crippen LogP contribution in [0.2, 0.25) is 5.02 Å². The van der Waals surface area contributed by atoms with Gasteiger partial charge in [0.15, 0.2) is 0 Å². The van der Waals surface area contributed by atoms with Gasteiger partial charge in [0.2, 0.25) is 17.7 Å². The lowest BCUT2D eigenvalue weighted by atomic mass is 9.70. The SMILES string of the molecule is CNC(=O)[C@@H]1[C@@H]2CCC3(O2)C(C(=O)Nc2ccccc2Cl)N([C@H](C)CO)C(=O)[C@H]13. The van der Waals surface area contributed by atoms with Crippen molar-refractivity contribution in [2.45, 2.75) is 43.6 Å². The Labute approximate surface area is 173 Å². The van der Waals surface area contributed by atoms with Crippen LogP contribution in [0.25, 0.3) is 0 Å². The fraction of sp³-hybridized carbons (Fsp3) is 0.550. The number of fused-ring (bicyclic) bond motifs is 1. The smallest absolute Gasteiger partial charge is 0.250 e. The van der Waals surface area contributed by atoms with E-state index in [0.717, 1.165) is 0 Å². The lowest BCUT2D eigenvalue weighted by Gasteiger charge is -2.35. The van der Waals surface area contributed by atoms with Crippen LogP contribution >= 0.6 is 11.6 Å². The minimum absolute atomic E-state index is 0.265. The van der Waals surface area contributed by atoms with Crippen LogP contribution in [0.1, 0.15) is 19.8 Å². The number of aliphatic hydroxyl groups excluding tert-OH is 1. The summed E-state index contributed by atoms with van der Waals surface area (Å²) in [4.78, 5) is 40.7. The van der Waals surface area contributed by atoms with Gasteiger partial charge in [-0.05, 0) is 31.9 Å². The first kappa shape index (κ1) is 20.1. The summed E-state index contributed by atoms with van der Waals surface area (Å²) >= 11 is 6.18. The molecule has 1 aromatic rings. The summed E-state index contributed by atoms with van der Waals surface area (Å²) in [7, 11) is 1.52. The van der Waals surface area contributed by atoms with Crippen molar-refractivity contribution in [3.8, 4) is 0 Å². The van der Waals surface area contributed by atoms with E-state index in [2.05, 4.69) is 10.6 Å². The van der Waals surface area contributed by atoms with Crippen LogP contribution in [0.4, 0.5) is 5.69 Å². The van der Waals surface area contributed by atoms with E-state index < -0.39 is 41.5 Å². The Morgan fingerprint density at radius 1 is 1.38 bits per heavy atom. The molecule has 0 aromatic heterocycles. The number of rotatable bonds is 5. The van der Waals surface area contributed by atoms with Crippen molar-refractivity contribution < 1.29 is 24.2 Å². The lowest BCUT2D eigenvalue weighted by Crippen LogP contribution is -2.55. The molecule has 2 bridgehead atoms. The average molecular weight is 422 g/mol. The van der Waals surface area contributed by atoms with Gasteiger partial charge in [-0.25, -0.2) is 0 Å². The highest BCUT2D eigenvalue weighted by Gasteiger charge is 2.74. The number of halogens is 1. The van der Waals surface area contributed by atoms with Gasteiger partial charge in [-0.2, -0.15) is 0 Å². The molecule has 6 atom stereocenters. The van der Waals surface area contributed by atoms with Crippen molar-refractivity contribution in [2.75, 3.05) is 19.0 Å². The van der Waals surface area contributed by atoms with Gasteiger partial charge >= 0.3 is 0 Å². The number of carbonyl (C=O) groups is 3. The first-order valence-electron chi connectivity index (χ1n) is 9.73. The second kappa shape index (κ2) is 7.27. The van der Waals surface area contributed by atoms with Gasteiger partial charge in [-0.1, -0.05) is 23.7 Å². The van der Waals surface area contributed by atoms with Crippen molar-refractivity contribution in [3.63, 3.8) is 0 Å². The Morgan fingerprint density at radius 2 is 2.10 bits per heavy atom. The van der Waals surface area contributed by atoms with E-state index in [1.54, 1.807) is 31.2 Å². The lowest BCUT2D eigenvalue weighted by molar-refractivity contribution is -0.143. The summed E-state index contributed by atoms with van der Waals surface area (Å²) in [5.74, 6) is -2.43. The number of amides is 3. The Bertz CT molecular complexity index is 864. The summed E-state index contributed by atoms with van der Waals surface area (Å²) in [5, 5.41) is 15.5. The molecule has 1 aromatic carbocycles. The summed E-state index contributed by atoms with van der Waals surface area (Å²) in [5.41, 5.74) is -0.660. The molecule has 3 heterocycles. The zero-order valence-electron chi connectivity index (χ0n) is 16.2. The number of hydrogen-bond acceptors (Lipinski definition) is 5. The largest absolute Gasteiger partial charge is 0.394 e. The zero-order valence-corrected chi connectivity index (χ0v) is 17.0. The molecule has 2 unspecified atom stereocenters. The van der Waals surface area contributed by atoms with E-state index in [0.29, 0.717) is 23.6 Å². The van der Waals surface area contributed by atoms with E-state index >= 15 is 0 Å². The Balaban J connectivity index is 1.74. The van der Waals surface area contributed by atoms with E-state index in [1.807, 2.05) is 0 Å². The fourth-order valence-electron chi connectivity index (χ4n) is 5.18. The third kappa shape index (κ3) is 2.85. The standard InChI is InChI=1S/C20H24ClN3O5/c1-10(9-25)24-16(18(27)23-12-6-4-3-5-11(12)21)20-8-7-13(29-20)14(17(26)22-2)15(20)19(24)28/h3-6,10,13-16,25H,7-9H2,1-2H3,(H,22,26)(H,23,27)/t10-,13+,14-,15+,16?,20?/m1/s1. The van der Waals surface area contributed by atoms with Crippen LogP contribution in [0, 0.1) is 11.8 Å². The van der Waals surface area contributed by atoms with Gasteiger partial charge in [0.1, 0.15) is 11.6 Å². The van der Waals surface area contributed by atoms with E-state index in [-0.39, 0.29) is 18.4 Å². The first-order chi connectivity index (χ1) is 13.9. The molecular weight excluding hydrogens is 398 g/mol. The zero-order chi connectivity index (χ0) is 20.9. The van der Waals surface area contributed by atoms with Gasteiger partial charge < -0.3 is 25.4 Å². The molecule has 3 aliphatic rings. The van der Waals surface area contributed by atoms with Gasteiger partial charge in [-0.15, -0.1) is 0 Å². The molecule has 3 saturated heterocycles. The molecule has 0 aliphatic carbocycles. The Kier molecular flexibility index (Phi) is 5.04. The van der Waals surface area contributed by atoms with E-state index in [9.17, 15) is 19.5 Å². The number of aliphatic hydroxyl groups is 1. The van der Waals surface area contributed by atoms with Gasteiger partial charge in [0, 0.05) is 7.05 Å². The van der Waals surface area contributed by atoms with Crippen molar-refractivity contribution in [3.05, 3.63) is 29.3 Å². The van der Waals surface area contributed by atoms with Crippen molar-refractivity contribution in [1.29, 1.82) is 0 Å². The van der Waals surface area contributed by atoms with Crippen LogP contribution in [0.3, 0.4) is 0 Å². The van der Waals surface area contributed by atoms with Gasteiger partial charge in [0.25, 0.3) is 0 Å². The average Bonchev–Trinajstić information content (AvgIpc) is 3.35. The third-order valence-electron chi connectivity index (χ3n) is 6.41. The quantitative estimate of drug-likeness (QED) is 0.651. The molecule has 4 rings (SSSR count). The normalized spacial score (nSPS) is 33.5. The van der Waals surface area contributed by atoms with Crippen LogP contribution in [0.5, 0.6) is 0 Å². The summed E-state index contributed by atoms with van der Waals surface area (Å²) in [6, 6.07) is 5.27. The maximum absolute atomic E-state index is 13.4. The number of likely N-dealkylation sites (tertiary alicyclic amines) is 1. The second-order valence-electron chi connectivity index (χ2n) is 7.92. The number of anilines is 1. The van der Waals surface area contributed by atoms with Gasteiger partial charge in [0.05, 0.1) is 41.3 Å². The minimum Gasteiger partial charge on any atom is -0.394 e. The van der Waals surface area contributed by atoms with Crippen LogP contribution in [-0.4, -0.2) is 65.2 Å². The molecule has 3 amide bonds. The predicted molar refractivity (Wildman–Crippen MR) is 105 cm³/mol. The van der Waals surface area contributed by atoms with E-state index in [1.165, 1.54) is 11.9 Å². The maximum Gasteiger partial charge on any atom is 0.250 e. The topological polar surface area (TPSA) is 108 Å². The third-order valence-corrected chi connectivity index (χ3v) is 6.74. The molecule has 0 saturated carbocycles. The second-order valence-corrected chi connectivity index (χ2v) is 8.32. The molecule has 8 nitrogen and oxygen atoms in total. The first-order valence-corrected chi connectivity index (χ1v) is 10.1. The van der Waals surface area contributed by atoms with Crippen molar-refractivity contribution >= 4 is 35.0 Å². The minimum atomic E-state index is -1.09. The summed E-state index contributed by atoms with van der Waals surface area (Å²) < 4.78 is 6.22. The molecule has 3 aliphatic heterocycles. The van der Waals surface area contributed by atoms with Gasteiger partial charge in [-0.3, -0.25) is 14.4 Å². The molecule has 9 heteroatoms. The number of benzene rings is 1. The predicted octanol–water partition coefficient (Wildman–Crippen LogP) is 0.780. The number of para-hydroxylation sites is 1. The number of nitrogens with one attached hydrogen (secondary N) is 2. The molecule has 3 N–H and O–H groups in total. The molecule has 3 fully saturated rings. The number of nitrogens with zero attached hydrogens (tertiary/aromatic N) is 1. The number of ether oxygens (including phenoxy) is 1. The van der Waals surface area contributed by atoms with Crippen molar-refractivity contribution in [2.24, 2.45) is 11.8 Å². The molecule has 156 valence electrons. The molecule has 0 radical (unpaired) electrons. The highest BCUT2D eigenvalue weighted by molar-refractivity contribution is 6.33. The molecule has 1 spiro atoms. The van der Waals surface area contributed by atoms with Crippen LogP contribution in [0.15, 0.2) is 24.3 Å².